The van der Waals surface area contributed by atoms with Crippen LogP contribution in [0.1, 0.15) is 11.1 Å². The van der Waals surface area contributed by atoms with E-state index in [0.717, 1.165) is 13.1 Å². The van der Waals surface area contributed by atoms with Gasteiger partial charge < -0.3 is 4.90 Å². The zero-order chi connectivity index (χ0) is 19.8. The Bertz CT molecular complexity index is 903. The Hall–Kier alpha value is -2.72. The van der Waals surface area contributed by atoms with Crippen molar-refractivity contribution in [3.63, 3.8) is 0 Å². The molecular weight excluding hydrogens is 366 g/mol. The molecular formula is C25H24F2N2. The maximum absolute atomic E-state index is 14.2. The average molecular weight is 390 g/mol. The summed E-state index contributed by atoms with van der Waals surface area (Å²) >= 11 is 0. The van der Waals surface area contributed by atoms with E-state index in [1.165, 1.54) is 29.3 Å². The molecule has 29 heavy (non-hydrogen) atoms. The van der Waals surface area contributed by atoms with Crippen molar-refractivity contribution in [2.75, 3.05) is 18.0 Å². The number of halogens is 2. The molecule has 0 bridgehead atoms. The van der Waals surface area contributed by atoms with E-state index in [9.17, 15) is 8.78 Å². The largest absolute Gasteiger partial charge is 0.366 e. The summed E-state index contributed by atoms with van der Waals surface area (Å²) in [5.41, 5.74) is 2.73. The predicted octanol–water partition coefficient (Wildman–Crippen LogP) is 5.10. The second-order valence-corrected chi connectivity index (χ2v) is 8.17. The lowest BCUT2D eigenvalue weighted by molar-refractivity contribution is 0.221. The third-order valence-corrected chi connectivity index (χ3v) is 6.28. The molecule has 0 amide bonds. The summed E-state index contributed by atoms with van der Waals surface area (Å²) in [6.07, 6.45) is 0. The zero-order valence-corrected chi connectivity index (χ0v) is 16.2. The molecule has 0 aromatic heterocycles. The van der Waals surface area contributed by atoms with Gasteiger partial charge in [0.1, 0.15) is 17.3 Å². The van der Waals surface area contributed by atoms with E-state index in [1.807, 2.05) is 17.0 Å². The van der Waals surface area contributed by atoms with Gasteiger partial charge in [0.25, 0.3) is 0 Å². The SMILES string of the molecule is Fc1cccc(F)c1N1CC2C(N(Cc3ccccc3)Cc3ccccc3)[C@H]2C1. The van der Waals surface area contributed by atoms with Crippen LogP contribution in [0.15, 0.2) is 78.9 Å². The fourth-order valence-corrected chi connectivity index (χ4v) is 4.91. The summed E-state index contributed by atoms with van der Waals surface area (Å²) in [6.45, 7) is 3.21. The number of fused-ring (bicyclic) bond motifs is 1. The van der Waals surface area contributed by atoms with Crippen LogP contribution in [0.2, 0.25) is 0 Å². The molecule has 3 aromatic carbocycles. The summed E-state index contributed by atoms with van der Waals surface area (Å²) < 4.78 is 28.4. The van der Waals surface area contributed by atoms with E-state index in [2.05, 4.69) is 53.4 Å². The van der Waals surface area contributed by atoms with Crippen molar-refractivity contribution in [1.82, 2.24) is 4.90 Å². The maximum Gasteiger partial charge on any atom is 0.149 e. The third kappa shape index (κ3) is 3.65. The number of piperidine rings is 1. The molecule has 2 nitrogen and oxygen atoms in total. The standard InChI is InChI=1S/C25H24F2N2/c26-22-12-7-13-23(27)25(22)29-16-20-21(17-29)24(20)28(14-18-8-3-1-4-9-18)15-19-10-5-2-6-11-19/h1-13,20-21,24H,14-17H2/t20-,21?,24?/m0/s1. The molecule has 1 saturated carbocycles. The second-order valence-electron chi connectivity index (χ2n) is 8.17. The summed E-state index contributed by atoms with van der Waals surface area (Å²) in [6, 6.07) is 25.6. The van der Waals surface area contributed by atoms with Crippen LogP contribution in [0.3, 0.4) is 0 Å². The summed E-state index contributed by atoms with van der Waals surface area (Å²) in [5.74, 6) is -0.00980. The third-order valence-electron chi connectivity index (χ3n) is 6.28. The van der Waals surface area contributed by atoms with Gasteiger partial charge in [0, 0.05) is 32.2 Å². The molecule has 1 saturated heterocycles. The molecule has 5 rings (SSSR count). The first-order chi connectivity index (χ1) is 14.2. The van der Waals surface area contributed by atoms with Crippen LogP contribution in [0, 0.1) is 23.5 Å². The molecule has 3 atom stereocenters. The molecule has 1 aliphatic heterocycles. The Kier molecular flexibility index (Phi) is 4.80. The molecule has 0 radical (unpaired) electrons. The fourth-order valence-electron chi connectivity index (χ4n) is 4.91. The van der Waals surface area contributed by atoms with Crippen molar-refractivity contribution in [1.29, 1.82) is 0 Å². The number of rotatable bonds is 6. The normalized spacial score (nSPS) is 22.7. The van der Waals surface area contributed by atoms with E-state index in [1.54, 1.807) is 0 Å². The summed E-state index contributed by atoms with van der Waals surface area (Å²) in [5, 5.41) is 0. The average Bonchev–Trinajstić information content (AvgIpc) is 3.23. The van der Waals surface area contributed by atoms with Crippen LogP contribution in [-0.4, -0.2) is 24.0 Å². The number of hydrogen-bond acceptors (Lipinski definition) is 2. The monoisotopic (exact) mass is 390 g/mol. The number of benzene rings is 3. The highest BCUT2D eigenvalue weighted by Crippen LogP contribution is 2.51. The quantitative estimate of drug-likeness (QED) is 0.578. The van der Waals surface area contributed by atoms with Crippen molar-refractivity contribution in [3.05, 3.63) is 102 Å². The highest BCUT2D eigenvalue weighted by molar-refractivity contribution is 5.52. The van der Waals surface area contributed by atoms with Gasteiger partial charge in [-0.15, -0.1) is 0 Å². The fraction of sp³-hybridized carbons (Fsp3) is 0.280. The topological polar surface area (TPSA) is 6.48 Å². The molecule has 3 aromatic rings. The van der Waals surface area contributed by atoms with Crippen LogP contribution >= 0.6 is 0 Å². The van der Waals surface area contributed by atoms with Crippen LogP contribution in [0.4, 0.5) is 14.5 Å². The van der Waals surface area contributed by atoms with Crippen LogP contribution in [0.5, 0.6) is 0 Å². The van der Waals surface area contributed by atoms with Crippen molar-refractivity contribution >= 4 is 5.69 Å². The van der Waals surface area contributed by atoms with E-state index in [0.29, 0.717) is 31.0 Å². The molecule has 2 fully saturated rings. The van der Waals surface area contributed by atoms with Gasteiger partial charge in [-0.1, -0.05) is 66.7 Å². The van der Waals surface area contributed by atoms with Gasteiger partial charge in [-0.2, -0.15) is 0 Å². The van der Waals surface area contributed by atoms with Gasteiger partial charge in [0.2, 0.25) is 0 Å². The Morgan fingerprint density at radius 1 is 0.690 bits per heavy atom. The first-order valence-electron chi connectivity index (χ1n) is 10.2. The van der Waals surface area contributed by atoms with Crippen molar-refractivity contribution < 1.29 is 8.78 Å². The van der Waals surface area contributed by atoms with Gasteiger partial charge in [0.15, 0.2) is 0 Å². The Morgan fingerprint density at radius 3 is 1.66 bits per heavy atom. The van der Waals surface area contributed by atoms with E-state index < -0.39 is 11.6 Å². The number of para-hydroxylation sites is 1. The maximum atomic E-state index is 14.2. The lowest BCUT2D eigenvalue weighted by Crippen LogP contribution is -2.35. The van der Waals surface area contributed by atoms with Crippen LogP contribution in [-0.2, 0) is 13.1 Å². The van der Waals surface area contributed by atoms with Gasteiger partial charge in [-0.05, 0) is 35.1 Å². The highest BCUT2D eigenvalue weighted by Gasteiger charge is 2.58. The molecule has 2 aliphatic rings. The molecule has 4 heteroatoms. The number of nitrogens with zero attached hydrogens (tertiary/aromatic N) is 2. The minimum Gasteiger partial charge on any atom is -0.366 e. The van der Waals surface area contributed by atoms with Crippen LogP contribution < -0.4 is 4.90 Å². The molecule has 1 heterocycles. The zero-order valence-electron chi connectivity index (χ0n) is 16.2. The first-order valence-corrected chi connectivity index (χ1v) is 10.2. The molecule has 148 valence electrons. The minimum absolute atomic E-state index is 0.135. The molecule has 1 aliphatic carbocycles. The lowest BCUT2D eigenvalue weighted by atomic mass is 10.1. The Morgan fingerprint density at radius 2 is 1.17 bits per heavy atom. The van der Waals surface area contributed by atoms with Crippen molar-refractivity contribution in [2.45, 2.75) is 19.1 Å². The first kappa shape index (κ1) is 18.3. The smallest absolute Gasteiger partial charge is 0.149 e. The lowest BCUT2D eigenvalue weighted by Gasteiger charge is -2.29. The van der Waals surface area contributed by atoms with E-state index >= 15 is 0 Å². The second kappa shape index (κ2) is 7.60. The molecule has 0 spiro atoms. The summed E-state index contributed by atoms with van der Waals surface area (Å²) in [4.78, 5) is 4.43. The van der Waals surface area contributed by atoms with Crippen molar-refractivity contribution in [3.8, 4) is 0 Å². The van der Waals surface area contributed by atoms with Gasteiger partial charge in [-0.3, -0.25) is 4.90 Å². The minimum atomic E-state index is -0.465. The van der Waals surface area contributed by atoms with E-state index in [-0.39, 0.29) is 5.69 Å². The number of anilines is 1. The van der Waals surface area contributed by atoms with Gasteiger partial charge in [0.05, 0.1) is 0 Å². The molecule has 0 N–H and O–H groups in total. The Labute approximate surface area is 170 Å². The number of hydrogen-bond donors (Lipinski definition) is 0. The molecule has 2 unspecified atom stereocenters. The Balaban J connectivity index is 1.33. The van der Waals surface area contributed by atoms with Gasteiger partial charge >= 0.3 is 0 Å². The highest BCUT2D eigenvalue weighted by atomic mass is 19.1. The predicted molar refractivity (Wildman–Crippen MR) is 111 cm³/mol. The van der Waals surface area contributed by atoms with Gasteiger partial charge in [-0.25, -0.2) is 8.78 Å². The van der Waals surface area contributed by atoms with Crippen LogP contribution in [0.25, 0.3) is 0 Å². The van der Waals surface area contributed by atoms with Crippen molar-refractivity contribution in [2.24, 2.45) is 11.8 Å². The summed E-state index contributed by atoms with van der Waals surface area (Å²) in [7, 11) is 0. The van der Waals surface area contributed by atoms with E-state index in [4.69, 9.17) is 0 Å².